The quantitative estimate of drug-likeness (QED) is 0.837. The number of ether oxygens (including phenoxy) is 2. The molecule has 3 aliphatic rings. The van der Waals surface area contributed by atoms with Gasteiger partial charge < -0.3 is 24.3 Å². The molecule has 2 fully saturated rings. The number of piperidine rings is 1. The summed E-state index contributed by atoms with van der Waals surface area (Å²) in [4.78, 5) is 27.9. The lowest BCUT2D eigenvalue weighted by Gasteiger charge is -2.39. The zero-order valence-electron chi connectivity index (χ0n) is 15.4. The van der Waals surface area contributed by atoms with Crippen molar-refractivity contribution in [1.82, 2.24) is 14.8 Å². The van der Waals surface area contributed by atoms with Crippen molar-refractivity contribution in [1.29, 1.82) is 0 Å². The number of pyridine rings is 1. The number of likely N-dealkylation sites (tertiary alicyclic amines) is 1. The zero-order chi connectivity index (χ0) is 18.1. The first-order valence-electron chi connectivity index (χ1n) is 9.52. The molecule has 1 aromatic rings. The lowest BCUT2D eigenvalue weighted by Crippen LogP contribution is -2.47. The molecule has 1 spiro atoms. The first-order chi connectivity index (χ1) is 12.6. The highest BCUT2D eigenvalue weighted by molar-refractivity contribution is 5.98. The van der Waals surface area contributed by atoms with Gasteiger partial charge in [0.25, 0.3) is 11.5 Å². The third-order valence-corrected chi connectivity index (χ3v) is 6.00. The van der Waals surface area contributed by atoms with Crippen molar-refractivity contribution in [2.45, 2.75) is 32.2 Å². The number of nitrogens with one attached hydrogen (secondary N) is 1. The summed E-state index contributed by atoms with van der Waals surface area (Å²) in [6, 6.07) is 1.46. The molecule has 0 aliphatic carbocycles. The minimum atomic E-state index is -0.101. The van der Waals surface area contributed by atoms with Gasteiger partial charge in [-0.3, -0.25) is 9.59 Å². The Kier molecular flexibility index (Phi) is 4.75. The fourth-order valence-electron chi connectivity index (χ4n) is 4.60. The van der Waals surface area contributed by atoms with Crippen LogP contribution in [-0.2, 0) is 17.7 Å². The molecule has 1 atom stereocenters. The van der Waals surface area contributed by atoms with Crippen molar-refractivity contribution in [2.75, 3.05) is 46.5 Å². The van der Waals surface area contributed by atoms with Gasteiger partial charge in [-0.15, -0.1) is 0 Å². The number of nitrogens with zero attached hydrogens (tertiary/aromatic N) is 2. The van der Waals surface area contributed by atoms with Gasteiger partial charge in [0.05, 0.1) is 13.7 Å². The van der Waals surface area contributed by atoms with Crippen LogP contribution in [0.15, 0.2) is 10.9 Å². The number of amides is 1. The van der Waals surface area contributed by atoms with E-state index in [1.54, 1.807) is 4.57 Å². The predicted octanol–water partition coefficient (Wildman–Crippen LogP) is 0.645. The van der Waals surface area contributed by atoms with Crippen molar-refractivity contribution in [2.24, 2.45) is 5.41 Å². The Balaban J connectivity index is 1.72. The van der Waals surface area contributed by atoms with Gasteiger partial charge in [-0.1, -0.05) is 0 Å². The average Bonchev–Trinajstić information content (AvgIpc) is 2.94. The normalized spacial score (nSPS) is 25.8. The Bertz CT molecular complexity index is 752. The van der Waals surface area contributed by atoms with Crippen molar-refractivity contribution in [3.63, 3.8) is 0 Å². The summed E-state index contributed by atoms with van der Waals surface area (Å²) in [5.74, 6) is 0.383. The molecule has 7 heteroatoms. The molecule has 0 aromatic carbocycles. The number of aromatic nitrogens is 1. The van der Waals surface area contributed by atoms with Crippen LogP contribution in [0.4, 0.5) is 0 Å². The molecule has 2 saturated heterocycles. The van der Waals surface area contributed by atoms with Crippen molar-refractivity contribution in [3.05, 3.63) is 27.7 Å². The van der Waals surface area contributed by atoms with Crippen LogP contribution in [0.25, 0.3) is 0 Å². The van der Waals surface area contributed by atoms with Gasteiger partial charge in [0, 0.05) is 62.9 Å². The van der Waals surface area contributed by atoms with Gasteiger partial charge >= 0.3 is 0 Å². The Morgan fingerprint density at radius 1 is 1.31 bits per heavy atom. The van der Waals surface area contributed by atoms with Crippen LogP contribution in [0, 0.1) is 5.41 Å². The van der Waals surface area contributed by atoms with Gasteiger partial charge in [0.1, 0.15) is 11.3 Å². The largest absolute Gasteiger partial charge is 0.496 e. The van der Waals surface area contributed by atoms with E-state index in [0.29, 0.717) is 24.3 Å². The fourth-order valence-corrected chi connectivity index (χ4v) is 4.60. The molecule has 26 heavy (non-hydrogen) atoms. The van der Waals surface area contributed by atoms with E-state index in [-0.39, 0.29) is 16.9 Å². The fraction of sp³-hybridized carbons (Fsp3) is 0.684. The Hall–Kier alpha value is -1.86. The summed E-state index contributed by atoms with van der Waals surface area (Å²) in [5.41, 5.74) is 1.36. The van der Waals surface area contributed by atoms with Gasteiger partial charge in [-0.25, -0.2) is 0 Å². The van der Waals surface area contributed by atoms with E-state index in [1.807, 2.05) is 4.90 Å². The number of hydrogen-bond donors (Lipinski definition) is 1. The van der Waals surface area contributed by atoms with Crippen LogP contribution in [0.3, 0.4) is 0 Å². The highest BCUT2D eigenvalue weighted by atomic mass is 16.5. The third-order valence-electron chi connectivity index (χ3n) is 6.00. The number of fused-ring (bicyclic) bond motifs is 1. The second-order valence-electron chi connectivity index (χ2n) is 7.66. The molecule has 1 N–H and O–H groups in total. The van der Waals surface area contributed by atoms with Gasteiger partial charge in [0.2, 0.25) is 0 Å². The molecule has 3 aliphatic heterocycles. The Morgan fingerprint density at radius 2 is 2.19 bits per heavy atom. The maximum Gasteiger partial charge on any atom is 0.259 e. The Labute approximate surface area is 153 Å². The zero-order valence-corrected chi connectivity index (χ0v) is 15.4. The smallest absolute Gasteiger partial charge is 0.259 e. The van der Waals surface area contributed by atoms with Crippen molar-refractivity contribution in [3.8, 4) is 5.75 Å². The Morgan fingerprint density at radius 3 is 2.96 bits per heavy atom. The molecular formula is C19H27N3O4. The SMILES string of the molecule is COc1cc(=O)n2c(c1C(=O)N1CCCC3(CCOC3)C1)CCNCC2. The van der Waals surface area contributed by atoms with Crippen molar-refractivity contribution >= 4 is 5.91 Å². The lowest BCUT2D eigenvalue weighted by atomic mass is 9.79. The van der Waals surface area contributed by atoms with E-state index in [9.17, 15) is 9.59 Å². The molecule has 0 radical (unpaired) electrons. The minimum Gasteiger partial charge on any atom is -0.496 e. The molecule has 7 nitrogen and oxygen atoms in total. The van der Waals surface area contributed by atoms with Crippen LogP contribution in [0.2, 0.25) is 0 Å². The molecular weight excluding hydrogens is 334 g/mol. The van der Waals surface area contributed by atoms with Gasteiger partial charge in [-0.05, 0) is 19.3 Å². The molecule has 1 aromatic heterocycles. The van der Waals surface area contributed by atoms with E-state index in [1.165, 1.54) is 13.2 Å². The molecule has 4 heterocycles. The van der Waals surface area contributed by atoms with E-state index in [2.05, 4.69) is 5.32 Å². The second kappa shape index (κ2) is 7.04. The summed E-state index contributed by atoms with van der Waals surface area (Å²) >= 11 is 0. The van der Waals surface area contributed by atoms with Gasteiger partial charge in [0.15, 0.2) is 0 Å². The van der Waals surface area contributed by atoms with Crippen LogP contribution < -0.4 is 15.6 Å². The topological polar surface area (TPSA) is 72.8 Å². The second-order valence-corrected chi connectivity index (χ2v) is 7.66. The number of carbonyl (C=O) groups excluding carboxylic acids is 1. The van der Waals surface area contributed by atoms with E-state index in [4.69, 9.17) is 9.47 Å². The van der Waals surface area contributed by atoms with Crippen LogP contribution >= 0.6 is 0 Å². The van der Waals surface area contributed by atoms with Crippen LogP contribution in [-0.4, -0.2) is 61.9 Å². The molecule has 1 amide bonds. The monoisotopic (exact) mass is 361 g/mol. The molecule has 142 valence electrons. The summed E-state index contributed by atoms with van der Waals surface area (Å²) in [6.07, 6.45) is 3.78. The van der Waals surface area contributed by atoms with E-state index in [0.717, 1.165) is 64.3 Å². The first-order valence-corrected chi connectivity index (χ1v) is 9.52. The maximum absolute atomic E-state index is 13.5. The van der Waals surface area contributed by atoms with E-state index < -0.39 is 0 Å². The first kappa shape index (κ1) is 17.5. The van der Waals surface area contributed by atoms with Gasteiger partial charge in [-0.2, -0.15) is 0 Å². The maximum atomic E-state index is 13.5. The average molecular weight is 361 g/mol. The van der Waals surface area contributed by atoms with Crippen LogP contribution in [0.1, 0.15) is 35.3 Å². The van der Waals surface area contributed by atoms with Crippen molar-refractivity contribution < 1.29 is 14.3 Å². The molecule has 0 bridgehead atoms. The highest BCUT2D eigenvalue weighted by Gasteiger charge is 2.41. The molecule has 0 saturated carbocycles. The number of methoxy groups -OCH3 is 1. The summed E-state index contributed by atoms with van der Waals surface area (Å²) < 4.78 is 12.8. The van der Waals surface area contributed by atoms with Crippen LogP contribution in [0.5, 0.6) is 5.75 Å². The minimum absolute atomic E-state index is 0.0153. The number of carbonyl (C=O) groups is 1. The molecule has 4 rings (SSSR count). The summed E-state index contributed by atoms with van der Waals surface area (Å²) in [6.45, 7) is 5.07. The predicted molar refractivity (Wildman–Crippen MR) is 96.8 cm³/mol. The third kappa shape index (κ3) is 3.03. The number of rotatable bonds is 2. The van der Waals surface area contributed by atoms with E-state index >= 15 is 0 Å². The lowest BCUT2D eigenvalue weighted by molar-refractivity contribution is 0.0458. The number of hydrogen-bond acceptors (Lipinski definition) is 5. The highest BCUT2D eigenvalue weighted by Crippen LogP contribution is 2.38. The summed E-state index contributed by atoms with van der Waals surface area (Å²) in [5, 5.41) is 3.30. The summed E-state index contributed by atoms with van der Waals surface area (Å²) in [7, 11) is 1.53. The molecule has 1 unspecified atom stereocenters. The standard InChI is InChI=1S/C19H27N3O4/c1-25-15-11-16(23)22-9-7-20-6-3-14(22)17(15)18(24)21-8-2-4-19(12-21)5-10-26-13-19/h11,20H,2-10,12-13H2,1H3.